The van der Waals surface area contributed by atoms with Crippen LogP contribution in [0.4, 0.5) is 5.69 Å². The highest BCUT2D eigenvalue weighted by atomic mass is 32.2. The van der Waals surface area contributed by atoms with Gasteiger partial charge in [0.05, 0.1) is 12.8 Å². The van der Waals surface area contributed by atoms with Crippen LogP contribution in [0, 0.1) is 0 Å². The van der Waals surface area contributed by atoms with Crippen LogP contribution in [0.5, 0.6) is 0 Å². The highest BCUT2D eigenvalue weighted by Gasteiger charge is 2.20. The molecule has 7 heteroatoms. The quantitative estimate of drug-likeness (QED) is 0.719. The number of ketones is 1. The third-order valence-corrected chi connectivity index (χ3v) is 5.08. The second-order valence-electron chi connectivity index (χ2n) is 6.02. The largest absolute Gasteiger partial charge is 0.325 e. The van der Waals surface area contributed by atoms with Gasteiger partial charge in [0.25, 0.3) is 0 Å². The first-order valence-electron chi connectivity index (χ1n) is 8.15. The zero-order valence-electron chi connectivity index (χ0n) is 14.8. The summed E-state index contributed by atoms with van der Waals surface area (Å²) < 4.78 is 25.1. The Bertz CT molecular complexity index is 879. The monoisotopic (exact) mass is 374 g/mol. The van der Waals surface area contributed by atoms with E-state index >= 15 is 0 Å². The molecule has 2 aromatic carbocycles. The first-order chi connectivity index (χ1) is 12.3. The second kappa shape index (κ2) is 8.73. The number of anilines is 1. The van der Waals surface area contributed by atoms with Crippen molar-refractivity contribution in [3.8, 4) is 0 Å². The Morgan fingerprint density at radius 2 is 1.73 bits per heavy atom. The molecule has 0 bridgehead atoms. The molecule has 6 nitrogen and oxygen atoms in total. The van der Waals surface area contributed by atoms with Gasteiger partial charge < -0.3 is 5.32 Å². The lowest BCUT2D eigenvalue weighted by atomic mass is 10.1. The highest BCUT2D eigenvalue weighted by Crippen LogP contribution is 2.12. The summed E-state index contributed by atoms with van der Waals surface area (Å²) in [6.07, 6.45) is 1.60. The van der Waals surface area contributed by atoms with E-state index in [4.69, 9.17) is 0 Å². The predicted octanol–water partition coefficient (Wildman–Crippen LogP) is 2.33. The number of nitrogens with one attached hydrogen (secondary N) is 1. The van der Waals surface area contributed by atoms with Gasteiger partial charge in [-0.2, -0.15) is 4.31 Å². The minimum atomic E-state index is -3.53. The molecule has 1 amide bonds. The van der Waals surface area contributed by atoms with E-state index in [1.54, 1.807) is 24.3 Å². The van der Waals surface area contributed by atoms with Crippen molar-refractivity contribution in [1.29, 1.82) is 0 Å². The minimum absolute atomic E-state index is 0.110. The molecule has 0 aliphatic heterocycles. The Morgan fingerprint density at radius 3 is 2.35 bits per heavy atom. The van der Waals surface area contributed by atoms with E-state index < -0.39 is 15.9 Å². The normalized spacial score (nSPS) is 11.3. The standard InChI is InChI=1S/C19H22N2O4S/c1-15(22)17-9-6-10-18(13-17)20-19(23)14-21(26(2,24)25)12-11-16-7-4-3-5-8-16/h3-10,13H,11-12,14H2,1-2H3,(H,20,23). The van der Waals surface area contributed by atoms with E-state index in [0.717, 1.165) is 16.1 Å². The number of amides is 1. The molecular weight excluding hydrogens is 352 g/mol. The fourth-order valence-corrected chi connectivity index (χ4v) is 3.21. The minimum Gasteiger partial charge on any atom is -0.325 e. The van der Waals surface area contributed by atoms with Crippen LogP contribution in [-0.4, -0.2) is 43.8 Å². The number of carbonyl (C=O) groups is 2. The van der Waals surface area contributed by atoms with Crippen molar-refractivity contribution in [3.63, 3.8) is 0 Å². The molecular formula is C19H22N2O4S. The molecule has 2 rings (SSSR count). The van der Waals surface area contributed by atoms with Gasteiger partial charge in [-0.1, -0.05) is 42.5 Å². The maximum atomic E-state index is 12.3. The van der Waals surface area contributed by atoms with Crippen molar-refractivity contribution in [2.75, 3.05) is 24.7 Å². The third-order valence-electron chi connectivity index (χ3n) is 3.83. The van der Waals surface area contributed by atoms with Crippen LogP contribution in [-0.2, 0) is 21.2 Å². The average Bonchev–Trinajstić information content (AvgIpc) is 2.58. The number of Topliss-reactive ketones (excluding diaryl/α,β-unsaturated/α-hetero) is 1. The lowest BCUT2D eigenvalue weighted by Crippen LogP contribution is -2.38. The smallest absolute Gasteiger partial charge is 0.239 e. The lowest BCUT2D eigenvalue weighted by molar-refractivity contribution is -0.116. The first-order valence-corrected chi connectivity index (χ1v) is 10.0. The number of sulfonamides is 1. The number of rotatable bonds is 8. The van der Waals surface area contributed by atoms with Crippen molar-refractivity contribution in [3.05, 3.63) is 65.7 Å². The maximum Gasteiger partial charge on any atom is 0.239 e. The van der Waals surface area contributed by atoms with Gasteiger partial charge in [0.2, 0.25) is 15.9 Å². The molecule has 0 aromatic heterocycles. The van der Waals surface area contributed by atoms with Crippen molar-refractivity contribution in [2.24, 2.45) is 0 Å². The summed E-state index contributed by atoms with van der Waals surface area (Å²) in [4.78, 5) is 23.7. The first kappa shape index (κ1) is 19.8. The average molecular weight is 374 g/mol. The van der Waals surface area contributed by atoms with Crippen LogP contribution in [0.25, 0.3) is 0 Å². The molecule has 138 valence electrons. The SMILES string of the molecule is CC(=O)c1cccc(NC(=O)CN(CCc2ccccc2)S(C)(=O)=O)c1. The van der Waals surface area contributed by atoms with Gasteiger partial charge in [0.15, 0.2) is 5.78 Å². The number of hydrogen-bond donors (Lipinski definition) is 1. The van der Waals surface area contributed by atoms with Crippen LogP contribution < -0.4 is 5.32 Å². The number of carbonyl (C=O) groups excluding carboxylic acids is 2. The fraction of sp³-hybridized carbons (Fsp3) is 0.263. The Kier molecular flexibility index (Phi) is 6.65. The molecule has 26 heavy (non-hydrogen) atoms. The summed E-state index contributed by atoms with van der Waals surface area (Å²) in [5, 5.41) is 2.64. The molecule has 0 unspecified atom stereocenters. The molecule has 0 saturated heterocycles. The van der Waals surface area contributed by atoms with Crippen molar-refractivity contribution >= 4 is 27.4 Å². The number of benzene rings is 2. The van der Waals surface area contributed by atoms with E-state index in [9.17, 15) is 18.0 Å². The van der Waals surface area contributed by atoms with E-state index in [2.05, 4.69) is 5.32 Å². The van der Waals surface area contributed by atoms with Crippen LogP contribution in [0.15, 0.2) is 54.6 Å². The summed E-state index contributed by atoms with van der Waals surface area (Å²) in [5.74, 6) is -0.564. The van der Waals surface area contributed by atoms with Gasteiger partial charge in [-0.3, -0.25) is 9.59 Å². The van der Waals surface area contributed by atoms with Crippen molar-refractivity contribution in [2.45, 2.75) is 13.3 Å². The molecule has 0 aliphatic carbocycles. The molecule has 0 atom stereocenters. The fourth-order valence-electron chi connectivity index (χ4n) is 2.44. The molecule has 0 saturated carbocycles. The number of nitrogens with zero attached hydrogens (tertiary/aromatic N) is 1. The Balaban J connectivity index is 2.02. The van der Waals surface area contributed by atoms with Gasteiger partial charge in [0.1, 0.15) is 0 Å². The molecule has 0 aliphatic rings. The number of hydrogen-bond acceptors (Lipinski definition) is 4. The van der Waals surface area contributed by atoms with Gasteiger partial charge in [-0.15, -0.1) is 0 Å². The van der Waals surface area contributed by atoms with Crippen LogP contribution in [0.2, 0.25) is 0 Å². The van der Waals surface area contributed by atoms with Gasteiger partial charge in [-0.05, 0) is 31.0 Å². The van der Waals surface area contributed by atoms with Gasteiger partial charge in [-0.25, -0.2) is 8.42 Å². The summed E-state index contributed by atoms with van der Waals surface area (Å²) in [7, 11) is -3.53. The topological polar surface area (TPSA) is 83.6 Å². The molecule has 2 aromatic rings. The Morgan fingerprint density at radius 1 is 1.04 bits per heavy atom. The van der Waals surface area contributed by atoms with Crippen molar-refractivity contribution < 1.29 is 18.0 Å². The zero-order valence-corrected chi connectivity index (χ0v) is 15.6. The van der Waals surface area contributed by atoms with E-state index in [0.29, 0.717) is 17.7 Å². The lowest BCUT2D eigenvalue weighted by Gasteiger charge is -2.19. The Labute approximate surface area is 153 Å². The van der Waals surface area contributed by atoms with Gasteiger partial charge in [0, 0.05) is 17.8 Å². The summed E-state index contributed by atoms with van der Waals surface area (Å²) in [6.45, 7) is 1.37. The van der Waals surface area contributed by atoms with E-state index in [-0.39, 0.29) is 18.9 Å². The van der Waals surface area contributed by atoms with E-state index in [1.165, 1.54) is 6.92 Å². The molecule has 0 radical (unpaired) electrons. The second-order valence-corrected chi connectivity index (χ2v) is 8.00. The maximum absolute atomic E-state index is 12.3. The Hall–Kier alpha value is -2.51. The van der Waals surface area contributed by atoms with Crippen LogP contribution >= 0.6 is 0 Å². The highest BCUT2D eigenvalue weighted by molar-refractivity contribution is 7.88. The third kappa shape index (κ3) is 6.09. The molecule has 1 N–H and O–H groups in total. The molecule has 0 spiro atoms. The van der Waals surface area contributed by atoms with Crippen LogP contribution in [0.3, 0.4) is 0 Å². The molecule has 0 fully saturated rings. The van der Waals surface area contributed by atoms with E-state index in [1.807, 2.05) is 30.3 Å². The van der Waals surface area contributed by atoms with Crippen molar-refractivity contribution in [1.82, 2.24) is 4.31 Å². The van der Waals surface area contributed by atoms with Crippen LogP contribution in [0.1, 0.15) is 22.8 Å². The molecule has 0 heterocycles. The van der Waals surface area contributed by atoms with Gasteiger partial charge >= 0.3 is 0 Å². The zero-order chi connectivity index (χ0) is 19.2. The summed E-state index contributed by atoms with van der Waals surface area (Å²) >= 11 is 0. The summed E-state index contributed by atoms with van der Waals surface area (Å²) in [6, 6.07) is 16.0. The predicted molar refractivity (Wildman–Crippen MR) is 102 cm³/mol. The summed E-state index contributed by atoms with van der Waals surface area (Å²) in [5.41, 5.74) is 1.93.